The first-order valence-electron chi connectivity index (χ1n) is 10.2. The molecule has 0 radical (unpaired) electrons. The Labute approximate surface area is 187 Å². The molecule has 1 saturated carbocycles. The molecule has 2 N–H and O–H groups in total. The van der Waals surface area contributed by atoms with Gasteiger partial charge in [-0.15, -0.1) is 0 Å². The topological polar surface area (TPSA) is 118 Å². The van der Waals surface area contributed by atoms with E-state index >= 15 is 0 Å². The van der Waals surface area contributed by atoms with Crippen molar-refractivity contribution < 1.29 is 28.1 Å². The number of carboxylic acid groups (broad SMARTS) is 1. The second-order valence-corrected chi connectivity index (χ2v) is 8.35. The maximum atomic E-state index is 14.1. The third kappa shape index (κ3) is 4.99. The molecule has 2 aromatic heterocycles. The van der Waals surface area contributed by atoms with Gasteiger partial charge in [0, 0.05) is 35.4 Å². The highest BCUT2D eigenvalue weighted by molar-refractivity contribution is 6.30. The second-order valence-electron chi connectivity index (χ2n) is 7.91. The number of benzene rings is 1. The molecule has 1 fully saturated rings. The molecule has 10 heteroatoms. The van der Waals surface area contributed by atoms with Crippen LogP contribution in [-0.2, 0) is 9.59 Å². The Bertz CT molecular complexity index is 1150. The molecule has 32 heavy (non-hydrogen) atoms. The zero-order valence-corrected chi connectivity index (χ0v) is 18.0. The fourth-order valence-electron chi connectivity index (χ4n) is 3.68. The highest BCUT2D eigenvalue weighted by Gasteiger charge is 2.37. The maximum absolute atomic E-state index is 14.1. The Balaban J connectivity index is 1.61. The number of amides is 1. The Hall–Kier alpha value is -3.20. The molecule has 1 amide bonds. The van der Waals surface area contributed by atoms with Gasteiger partial charge in [0.2, 0.25) is 5.91 Å². The van der Waals surface area contributed by atoms with Crippen molar-refractivity contribution in [2.45, 2.75) is 50.9 Å². The highest BCUT2D eigenvalue weighted by Crippen LogP contribution is 2.48. The lowest BCUT2D eigenvalue weighted by atomic mass is 9.90. The number of hydrogen-bond acceptors (Lipinski definition) is 6. The lowest BCUT2D eigenvalue weighted by Crippen LogP contribution is -2.18. The number of rotatable bonds is 9. The van der Waals surface area contributed by atoms with Crippen molar-refractivity contribution >= 4 is 29.2 Å². The number of hydrogen-bond donors (Lipinski definition) is 2. The van der Waals surface area contributed by atoms with Crippen LogP contribution in [0.1, 0.15) is 61.0 Å². The molecule has 1 aliphatic carbocycles. The minimum atomic E-state index is -0.983. The lowest BCUT2D eigenvalue weighted by Gasteiger charge is -2.15. The Morgan fingerprint density at radius 1 is 1.28 bits per heavy atom. The summed E-state index contributed by atoms with van der Waals surface area (Å²) in [5.74, 6) is -1.34. The monoisotopic (exact) mass is 461 g/mol. The van der Waals surface area contributed by atoms with E-state index in [4.69, 9.17) is 20.6 Å². The minimum Gasteiger partial charge on any atom is -0.481 e. The fraction of sp³-hybridized carbons (Fsp3) is 0.364. The van der Waals surface area contributed by atoms with Crippen molar-refractivity contribution in [2.75, 3.05) is 5.32 Å². The van der Waals surface area contributed by atoms with Gasteiger partial charge in [-0.2, -0.15) is 0 Å². The van der Waals surface area contributed by atoms with Gasteiger partial charge in [0.05, 0.1) is 11.4 Å². The summed E-state index contributed by atoms with van der Waals surface area (Å²) >= 11 is 5.76. The average molecular weight is 462 g/mol. The summed E-state index contributed by atoms with van der Waals surface area (Å²) in [6, 6.07) is 5.68. The van der Waals surface area contributed by atoms with E-state index in [1.807, 2.05) is 0 Å². The van der Waals surface area contributed by atoms with Crippen LogP contribution >= 0.6 is 11.6 Å². The summed E-state index contributed by atoms with van der Waals surface area (Å²) < 4.78 is 24.8. The third-order valence-corrected chi connectivity index (χ3v) is 5.57. The van der Waals surface area contributed by atoms with E-state index in [0.29, 0.717) is 22.9 Å². The Morgan fingerprint density at radius 2 is 2.06 bits per heavy atom. The summed E-state index contributed by atoms with van der Waals surface area (Å²) in [5.41, 5.74) is 1.88. The zero-order chi connectivity index (χ0) is 22.8. The van der Waals surface area contributed by atoms with Gasteiger partial charge in [-0.3, -0.25) is 9.59 Å². The van der Waals surface area contributed by atoms with Crippen molar-refractivity contribution in [1.29, 1.82) is 0 Å². The molecule has 0 unspecified atom stereocenters. The number of aryl methyl sites for hydroxylation is 1. The number of carboxylic acids is 1. The van der Waals surface area contributed by atoms with E-state index < -0.39 is 23.6 Å². The van der Waals surface area contributed by atoms with Gasteiger partial charge in [-0.05, 0) is 50.3 Å². The minimum absolute atomic E-state index is 0.00212. The van der Waals surface area contributed by atoms with Crippen molar-refractivity contribution in [3.8, 4) is 11.5 Å². The number of carbonyl (C=O) groups is 2. The molecule has 1 atom stereocenters. The quantitative estimate of drug-likeness (QED) is 0.444. The standard InChI is InChI=1S/C22H21ClFN3O5/c1-11-8-17(26-31-11)22-20(12-2-3-12)21(27-32-22)13(4-7-19(29)30)9-18(28)25-16-6-5-14(23)10-15(16)24/h5-6,8,10,12-13H,2-4,7,9H2,1H3,(H,25,28)(H,29,30)/t13-/m0/s1. The van der Waals surface area contributed by atoms with Crippen LogP contribution in [0, 0.1) is 12.7 Å². The molecule has 1 aliphatic rings. The molecular weight excluding hydrogens is 441 g/mol. The molecule has 0 bridgehead atoms. The van der Waals surface area contributed by atoms with Gasteiger partial charge >= 0.3 is 5.97 Å². The zero-order valence-electron chi connectivity index (χ0n) is 17.2. The second kappa shape index (κ2) is 9.12. The smallest absolute Gasteiger partial charge is 0.303 e. The van der Waals surface area contributed by atoms with Crippen molar-refractivity contribution in [2.24, 2.45) is 0 Å². The first-order valence-corrected chi connectivity index (χ1v) is 10.6. The van der Waals surface area contributed by atoms with E-state index in [2.05, 4.69) is 15.6 Å². The van der Waals surface area contributed by atoms with Crippen molar-refractivity contribution in [3.63, 3.8) is 0 Å². The number of aromatic nitrogens is 2. The molecule has 168 valence electrons. The summed E-state index contributed by atoms with van der Waals surface area (Å²) in [6.45, 7) is 1.76. The summed E-state index contributed by atoms with van der Waals surface area (Å²) in [4.78, 5) is 23.9. The van der Waals surface area contributed by atoms with Crippen molar-refractivity contribution in [3.05, 3.63) is 52.1 Å². The highest BCUT2D eigenvalue weighted by atomic mass is 35.5. The van der Waals surface area contributed by atoms with Gasteiger partial charge in [-0.1, -0.05) is 21.9 Å². The van der Waals surface area contributed by atoms with Gasteiger partial charge < -0.3 is 19.5 Å². The first kappa shape index (κ1) is 22.0. The fourth-order valence-corrected chi connectivity index (χ4v) is 3.84. The molecular formula is C22H21ClFN3O5. The van der Waals surface area contributed by atoms with Crippen LogP contribution in [0.4, 0.5) is 10.1 Å². The first-order chi connectivity index (χ1) is 15.3. The van der Waals surface area contributed by atoms with Gasteiger partial charge in [0.15, 0.2) is 11.5 Å². The lowest BCUT2D eigenvalue weighted by molar-refractivity contribution is -0.137. The van der Waals surface area contributed by atoms with Crippen LogP contribution in [-0.4, -0.2) is 27.3 Å². The van der Waals surface area contributed by atoms with Crippen LogP contribution in [0.5, 0.6) is 0 Å². The van der Waals surface area contributed by atoms with Crippen LogP contribution in [0.15, 0.2) is 33.3 Å². The third-order valence-electron chi connectivity index (χ3n) is 5.33. The SMILES string of the molecule is Cc1cc(-c2onc([C@@H](CCC(=O)O)CC(=O)Nc3ccc(Cl)cc3F)c2C2CC2)no1. The molecule has 3 aromatic rings. The average Bonchev–Trinajstić information content (AvgIpc) is 3.33. The molecule has 0 aliphatic heterocycles. The summed E-state index contributed by atoms with van der Waals surface area (Å²) in [7, 11) is 0. The van der Waals surface area contributed by atoms with E-state index in [1.54, 1.807) is 13.0 Å². The molecule has 0 saturated heterocycles. The summed E-state index contributed by atoms with van der Waals surface area (Å²) in [6.07, 6.45) is 1.81. The largest absolute Gasteiger partial charge is 0.481 e. The van der Waals surface area contributed by atoms with E-state index in [9.17, 15) is 19.1 Å². The number of nitrogens with zero attached hydrogens (tertiary/aromatic N) is 2. The molecule has 4 rings (SSSR count). The van der Waals surface area contributed by atoms with Gasteiger partial charge in [0.1, 0.15) is 11.6 Å². The maximum Gasteiger partial charge on any atom is 0.303 e. The van der Waals surface area contributed by atoms with Crippen LogP contribution in [0.3, 0.4) is 0 Å². The predicted octanol–water partition coefficient (Wildman–Crippen LogP) is 5.29. The molecule has 1 aromatic carbocycles. The predicted molar refractivity (Wildman–Crippen MR) is 113 cm³/mol. The van der Waals surface area contributed by atoms with E-state index in [-0.39, 0.29) is 35.9 Å². The number of carbonyl (C=O) groups excluding carboxylic acids is 1. The number of nitrogens with one attached hydrogen (secondary N) is 1. The number of halogens is 2. The van der Waals surface area contributed by atoms with E-state index in [1.165, 1.54) is 12.1 Å². The molecule has 8 nitrogen and oxygen atoms in total. The summed E-state index contributed by atoms with van der Waals surface area (Å²) in [5, 5.41) is 20.1. The number of anilines is 1. The van der Waals surface area contributed by atoms with Gasteiger partial charge in [-0.25, -0.2) is 4.39 Å². The molecule has 2 heterocycles. The van der Waals surface area contributed by atoms with Crippen LogP contribution in [0.25, 0.3) is 11.5 Å². The van der Waals surface area contributed by atoms with Crippen LogP contribution in [0.2, 0.25) is 5.02 Å². The van der Waals surface area contributed by atoms with Crippen LogP contribution < -0.4 is 5.32 Å². The Kier molecular flexibility index (Phi) is 6.27. The number of aliphatic carboxylic acids is 1. The Morgan fingerprint density at radius 3 is 2.69 bits per heavy atom. The normalized spacial score (nSPS) is 14.3. The van der Waals surface area contributed by atoms with E-state index in [0.717, 1.165) is 24.5 Å². The molecule has 0 spiro atoms. The van der Waals surface area contributed by atoms with Crippen molar-refractivity contribution in [1.82, 2.24) is 10.3 Å². The van der Waals surface area contributed by atoms with Gasteiger partial charge in [0.25, 0.3) is 0 Å².